The van der Waals surface area contributed by atoms with Gasteiger partial charge in [0.25, 0.3) is 0 Å². The molecule has 0 atom stereocenters. The number of hydrogen-bond donors (Lipinski definition) is 1. The number of hydrogen-bond acceptors (Lipinski definition) is 3. The lowest BCUT2D eigenvalue weighted by atomic mass is 9.99. The summed E-state index contributed by atoms with van der Waals surface area (Å²) in [7, 11) is 0. The van der Waals surface area contributed by atoms with Gasteiger partial charge in [-0.05, 0) is 35.4 Å². The van der Waals surface area contributed by atoms with Crippen LogP contribution >= 0.6 is 0 Å². The minimum absolute atomic E-state index is 0.0671. The highest BCUT2D eigenvalue weighted by Crippen LogP contribution is 2.16. The average molecular weight is 318 g/mol. The Kier molecular flexibility index (Phi) is 4.95. The molecule has 0 heterocycles. The minimum Gasteiger partial charge on any atom is -0.475 e. The first-order valence-corrected chi connectivity index (χ1v) is 6.69. The van der Waals surface area contributed by atoms with Crippen LogP contribution in [0.25, 0.3) is 0 Å². The van der Waals surface area contributed by atoms with Crippen LogP contribution < -0.4 is 0 Å². The lowest BCUT2D eigenvalue weighted by Crippen LogP contribution is -2.17. The number of ketones is 2. The maximum Gasteiger partial charge on any atom is 0.372 e. The predicted octanol–water partition coefficient (Wildman–Crippen LogP) is 2.78. The van der Waals surface area contributed by atoms with E-state index in [4.69, 9.17) is 5.11 Å². The van der Waals surface area contributed by atoms with Crippen LogP contribution in [0.4, 0.5) is 8.78 Å². The third-order valence-corrected chi connectivity index (χ3v) is 3.21. The summed E-state index contributed by atoms with van der Waals surface area (Å²) in [6.45, 7) is 0. The van der Waals surface area contributed by atoms with Crippen LogP contribution in [0, 0.1) is 11.6 Å². The Morgan fingerprint density at radius 2 is 1.74 bits per heavy atom. The maximum atomic E-state index is 13.6. The molecule has 23 heavy (non-hydrogen) atoms. The molecule has 0 unspecified atom stereocenters. The quantitative estimate of drug-likeness (QED) is 0.505. The highest BCUT2D eigenvalue weighted by molar-refractivity contribution is 6.37. The van der Waals surface area contributed by atoms with Crippen molar-refractivity contribution >= 4 is 17.5 Å². The number of Topliss-reactive ketones (excluding diaryl/α,β-unsaturated/α-hetero) is 2. The van der Waals surface area contributed by atoms with Gasteiger partial charge in [0, 0.05) is 12.0 Å². The number of aliphatic carboxylic acids is 1. The molecule has 0 radical (unpaired) electrons. The Balaban J connectivity index is 2.19. The fourth-order valence-electron chi connectivity index (χ4n) is 2.08. The summed E-state index contributed by atoms with van der Waals surface area (Å²) in [5.74, 6) is -4.64. The van der Waals surface area contributed by atoms with E-state index in [0.29, 0.717) is 5.56 Å². The van der Waals surface area contributed by atoms with Crippen molar-refractivity contribution in [1.29, 1.82) is 0 Å². The van der Waals surface area contributed by atoms with Crippen LogP contribution in [-0.4, -0.2) is 22.6 Å². The molecular formula is C17H12F2O4. The van der Waals surface area contributed by atoms with Gasteiger partial charge in [-0.2, -0.15) is 0 Å². The van der Waals surface area contributed by atoms with Crippen molar-refractivity contribution in [1.82, 2.24) is 0 Å². The zero-order valence-electron chi connectivity index (χ0n) is 11.9. The zero-order valence-corrected chi connectivity index (χ0v) is 11.9. The molecule has 2 rings (SSSR count). The van der Waals surface area contributed by atoms with Crippen molar-refractivity contribution in [2.24, 2.45) is 0 Å². The lowest BCUT2D eigenvalue weighted by molar-refractivity contribution is -0.148. The lowest BCUT2D eigenvalue weighted by Gasteiger charge is -2.06. The molecule has 0 aliphatic heterocycles. The molecule has 2 aromatic carbocycles. The average Bonchev–Trinajstić information content (AvgIpc) is 2.51. The summed E-state index contributed by atoms with van der Waals surface area (Å²) in [5, 5.41) is 8.50. The second-order valence-corrected chi connectivity index (χ2v) is 4.94. The van der Waals surface area contributed by atoms with Gasteiger partial charge in [0.05, 0.1) is 6.42 Å². The number of rotatable bonds is 6. The number of benzene rings is 2. The molecule has 0 aliphatic rings. The Labute approximate surface area is 130 Å². The Morgan fingerprint density at radius 1 is 1.00 bits per heavy atom. The number of carbonyl (C=O) groups is 3. The van der Waals surface area contributed by atoms with Crippen LogP contribution in [0.5, 0.6) is 0 Å². The highest BCUT2D eigenvalue weighted by atomic mass is 19.1. The van der Waals surface area contributed by atoms with Gasteiger partial charge in [0.1, 0.15) is 11.6 Å². The smallest absolute Gasteiger partial charge is 0.372 e. The highest BCUT2D eigenvalue weighted by Gasteiger charge is 2.18. The van der Waals surface area contributed by atoms with E-state index in [1.165, 1.54) is 18.2 Å². The van der Waals surface area contributed by atoms with Crippen molar-refractivity contribution < 1.29 is 28.3 Å². The van der Waals surface area contributed by atoms with Gasteiger partial charge >= 0.3 is 5.97 Å². The molecule has 118 valence electrons. The Hall–Kier alpha value is -2.89. The van der Waals surface area contributed by atoms with Crippen molar-refractivity contribution in [2.75, 3.05) is 0 Å². The standard InChI is InChI=1S/C17H12F2O4/c18-13-4-5-14(19)12(8-13)7-10-2-1-3-11(6-10)15(20)9-16(21)17(22)23/h1-6,8H,7,9H2,(H,22,23). The Morgan fingerprint density at radius 3 is 2.43 bits per heavy atom. The van der Waals surface area contributed by atoms with E-state index in [9.17, 15) is 23.2 Å². The van der Waals surface area contributed by atoms with Crippen LogP contribution in [-0.2, 0) is 16.0 Å². The van der Waals surface area contributed by atoms with Crippen molar-refractivity contribution in [3.05, 3.63) is 70.8 Å². The topological polar surface area (TPSA) is 71.4 Å². The van der Waals surface area contributed by atoms with E-state index in [-0.39, 0.29) is 17.5 Å². The second-order valence-electron chi connectivity index (χ2n) is 4.94. The van der Waals surface area contributed by atoms with Crippen molar-refractivity contribution in [2.45, 2.75) is 12.8 Å². The third-order valence-electron chi connectivity index (χ3n) is 3.21. The van der Waals surface area contributed by atoms with Gasteiger partial charge in [0.15, 0.2) is 5.78 Å². The second kappa shape index (κ2) is 6.91. The Bertz CT molecular complexity index is 784. The molecule has 0 saturated heterocycles. The predicted molar refractivity (Wildman–Crippen MR) is 77.2 cm³/mol. The van der Waals surface area contributed by atoms with Gasteiger partial charge in [-0.25, -0.2) is 13.6 Å². The summed E-state index contributed by atoms with van der Waals surface area (Å²) in [6, 6.07) is 9.12. The molecule has 6 heteroatoms. The maximum absolute atomic E-state index is 13.6. The summed E-state index contributed by atoms with van der Waals surface area (Å²) in [4.78, 5) is 33.4. The third kappa shape index (κ3) is 4.29. The zero-order chi connectivity index (χ0) is 17.0. The molecule has 0 saturated carbocycles. The van der Waals surface area contributed by atoms with Gasteiger partial charge in [0.2, 0.25) is 5.78 Å². The molecule has 0 fully saturated rings. The molecule has 0 bridgehead atoms. The van der Waals surface area contributed by atoms with Crippen LogP contribution in [0.3, 0.4) is 0 Å². The van der Waals surface area contributed by atoms with Crippen molar-refractivity contribution in [3.63, 3.8) is 0 Å². The fourth-order valence-corrected chi connectivity index (χ4v) is 2.08. The number of halogens is 2. The molecule has 4 nitrogen and oxygen atoms in total. The monoisotopic (exact) mass is 318 g/mol. The SMILES string of the molecule is O=C(O)C(=O)CC(=O)c1cccc(Cc2cc(F)ccc2F)c1. The normalized spacial score (nSPS) is 10.3. The summed E-state index contributed by atoms with van der Waals surface area (Å²) in [6.07, 6.45) is -0.676. The fraction of sp³-hybridized carbons (Fsp3) is 0.118. The minimum atomic E-state index is -1.67. The van der Waals surface area contributed by atoms with E-state index < -0.39 is 35.6 Å². The van der Waals surface area contributed by atoms with E-state index >= 15 is 0 Å². The first-order valence-electron chi connectivity index (χ1n) is 6.69. The molecule has 1 N–H and O–H groups in total. The first-order chi connectivity index (χ1) is 10.9. The van der Waals surface area contributed by atoms with E-state index in [1.54, 1.807) is 6.07 Å². The van der Waals surface area contributed by atoms with Gasteiger partial charge in [-0.15, -0.1) is 0 Å². The van der Waals surface area contributed by atoms with E-state index in [0.717, 1.165) is 18.2 Å². The summed E-state index contributed by atoms with van der Waals surface area (Å²) in [5.41, 5.74) is 0.827. The first kappa shape index (κ1) is 16.5. The molecule has 0 amide bonds. The number of carbonyl (C=O) groups excluding carboxylic acids is 2. The summed E-state index contributed by atoms with van der Waals surface area (Å²) >= 11 is 0. The number of carboxylic acid groups (broad SMARTS) is 1. The van der Waals surface area contributed by atoms with E-state index in [2.05, 4.69) is 0 Å². The van der Waals surface area contributed by atoms with Crippen LogP contribution in [0.1, 0.15) is 27.9 Å². The largest absolute Gasteiger partial charge is 0.475 e. The summed E-state index contributed by atoms with van der Waals surface area (Å²) < 4.78 is 26.8. The van der Waals surface area contributed by atoms with Crippen LogP contribution in [0.2, 0.25) is 0 Å². The van der Waals surface area contributed by atoms with Gasteiger partial charge in [-0.1, -0.05) is 18.2 Å². The molecule has 0 aromatic heterocycles. The molecule has 2 aromatic rings. The molecule has 0 spiro atoms. The van der Waals surface area contributed by atoms with Crippen LogP contribution in [0.15, 0.2) is 42.5 Å². The number of carboxylic acids is 1. The van der Waals surface area contributed by atoms with E-state index in [1.807, 2.05) is 0 Å². The molecular weight excluding hydrogens is 306 g/mol. The van der Waals surface area contributed by atoms with Gasteiger partial charge < -0.3 is 5.11 Å². The van der Waals surface area contributed by atoms with Crippen molar-refractivity contribution in [3.8, 4) is 0 Å². The van der Waals surface area contributed by atoms with Gasteiger partial charge in [-0.3, -0.25) is 9.59 Å². The molecule has 0 aliphatic carbocycles.